The molecule has 0 spiro atoms. The number of alkyl halides is 3. The first-order valence-electron chi connectivity index (χ1n) is 6.04. The van der Waals surface area contributed by atoms with E-state index in [-0.39, 0.29) is 13.1 Å². The Morgan fingerprint density at radius 1 is 1.16 bits per heavy atom. The molecule has 0 aromatic rings. The molecule has 0 saturated carbocycles. The fourth-order valence-corrected chi connectivity index (χ4v) is 3.28. The summed E-state index contributed by atoms with van der Waals surface area (Å²) in [6.07, 6.45) is -4.54. The first-order valence-corrected chi connectivity index (χ1v) is 7.48. The van der Waals surface area contributed by atoms with Gasteiger partial charge in [0.2, 0.25) is 0 Å². The van der Waals surface area contributed by atoms with E-state index in [1.54, 1.807) is 4.72 Å². The van der Waals surface area contributed by atoms with Crippen molar-refractivity contribution in [2.45, 2.75) is 12.2 Å². The lowest BCUT2D eigenvalue weighted by Crippen LogP contribution is -2.62. The third-order valence-electron chi connectivity index (χ3n) is 3.34. The van der Waals surface area contributed by atoms with Crippen molar-refractivity contribution in [1.29, 1.82) is 0 Å². The van der Waals surface area contributed by atoms with E-state index in [2.05, 4.69) is 10.2 Å². The zero-order valence-corrected chi connectivity index (χ0v) is 11.1. The van der Waals surface area contributed by atoms with Crippen LogP contribution in [0.25, 0.3) is 0 Å². The number of nitrogens with zero attached hydrogens (tertiary/aromatic N) is 2. The van der Waals surface area contributed by atoms with Crippen LogP contribution in [-0.2, 0) is 10.2 Å². The Kier molecular flexibility index (Phi) is 4.35. The number of hydrogen-bond acceptors (Lipinski definition) is 4. The van der Waals surface area contributed by atoms with Gasteiger partial charge in [-0.3, -0.25) is 4.90 Å². The summed E-state index contributed by atoms with van der Waals surface area (Å²) < 4.78 is 62.0. The maximum absolute atomic E-state index is 12.0. The summed E-state index contributed by atoms with van der Waals surface area (Å²) in [4.78, 5) is 2.16. The van der Waals surface area contributed by atoms with Crippen molar-refractivity contribution in [3.8, 4) is 0 Å². The zero-order chi connectivity index (χ0) is 14.1. The SMILES string of the molecule is O=S(=O)(NCC(F)(F)F)N1CCN(C2CNC2)CC1. The van der Waals surface area contributed by atoms with Crippen molar-refractivity contribution in [3.05, 3.63) is 0 Å². The molecule has 0 unspecified atom stereocenters. The van der Waals surface area contributed by atoms with Gasteiger partial charge in [0.15, 0.2) is 0 Å². The van der Waals surface area contributed by atoms with Crippen molar-refractivity contribution in [2.24, 2.45) is 0 Å². The first kappa shape index (κ1) is 15.0. The van der Waals surface area contributed by atoms with Gasteiger partial charge in [0.05, 0.1) is 0 Å². The van der Waals surface area contributed by atoms with Gasteiger partial charge in [-0.05, 0) is 0 Å². The normalized spacial score (nSPS) is 24.4. The van der Waals surface area contributed by atoms with Crippen LogP contribution in [0.2, 0.25) is 0 Å². The molecule has 2 rings (SSSR count). The number of rotatable bonds is 4. The lowest BCUT2D eigenvalue weighted by atomic mass is 10.1. The molecule has 0 bridgehead atoms. The Morgan fingerprint density at radius 2 is 1.74 bits per heavy atom. The second-order valence-electron chi connectivity index (χ2n) is 4.69. The lowest BCUT2D eigenvalue weighted by Gasteiger charge is -2.42. The van der Waals surface area contributed by atoms with Gasteiger partial charge >= 0.3 is 6.18 Å². The molecule has 0 aromatic carbocycles. The molecule has 2 saturated heterocycles. The van der Waals surface area contributed by atoms with E-state index < -0.39 is 22.9 Å². The molecule has 0 radical (unpaired) electrons. The average molecular weight is 302 g/mol. The molecule has 6 nitrogen and oxygen atoms in total. The summed E-state index contributed by atoms with van der Waals surface area (Å²) in [5.74, 6) is 0. The molecule has 0 atom stereocenters. The van der Waals surface area contributed by atoms with Gasteiger partial charge in [0.25, 0.3) is 10.2 Å². The van der Waals surface area contributed by atoms with E-state index in [1.165, 1.54) is 0 Å². The molecule has 2 fully saturated rings. The van der Waals surface area contributed by atoms with Crippen molar-refractivity contribution in [3.63, 3.8) is 0 Å². The highest BCUT2D eigenvalue weighted by molar-refractivity contribution is 7.87. The Bertz CT molecular complexity index is 402. The summed E-state index contributed by atoms with van der Waals surface area (Å²) >= 11 is 0. The van der Waals surface area contributed by atoms with E-state index in [0.717, 1.165) is 17.4 Å². The monoisotopic (exact) mass is 302 g/mol. The first-order chi connectivity index (χ1) is 8.78. The fraction of sp³-hybridized carbons (Fsp3) is 1.00. The third kappa shape index (κ3) is 4.02. The molecule has 0 aliphatic carbocycles. The Labute approximate surface area is 110 Å². The quantitative estimate of drug-likeness (QED) is 0.697. The van der Waals surface area contributed by atoms with Crippen molar-refractivity contribution in [2.75, 3.05) is 45.8 Å². The summed E-state index contributed by atoms with van der Waals surface area (Å²) in [6.45, 7) is 1.81. The lowest BCUT2D eigenvalue weighted by molar-refractivity contribution is -0.121. The summed E-state index contributed by atoms with van der Waals surface area (Å²) in [6, 6.07) is 0.424. The Morgan fingerprint density at radius 3 is 2.16 bits per heavy atom. The predicted molar refractivity (Wildman–Crippen MR) is 62.8 cm³/mol. The van der Waals surface area contributed by atoms with Crippen LogP contribution in [0.4, 0.5) is 13.2 Å². The molecule has 10 heteroatoms. The third-order valence-corrected chi connectivity index (χ3v) is 4.90. The minimum absolute atomic E-state index is 0.226. The van der Waals surface area contributed by atoms with E-state index in [4.69, 9.17) is 0 Å². The zero-order valence-electron chi connectivity index (χ0n) is 10.3. The molecule has 112 valence electrons. The van der Waals surface area contributed by atoms with E-state index in [0.29, 0.717) is 19.1 Å². The Balaban J connectivity index is 1.82. The highest BCUT2D eigenvalue weighted by atomic mass is 32.2. The van der Waals surface area contributed by atoms with E-state index >= 15 is 0 Å². The minimum Gasteiger partial charge on any atom is -0.314 e. The predicted octanol–water partition coefficient (Wildman–Crippen LogP) is -1.03. The van der Waals surface area contributed by atoms with Crippen LogP contribution in [0.3, 0.4) is 0 Å². The van der Waals surface area contributed by atoms with Crippen LogP contribution in [-0.4, -0.2) is 75.7 Å². The van der Waals surface area contributed by atoms with Crippen LogP contribution < -0.4 is 10.0 Å². The molecule has 0 amide bonds. The molecule has 2 heterocycles. The van der Waals surface area contributed by atoms with Crippen LogP contribution in [0.15, 0.2) is 0 Å². The molecule has 0 aromatic heterocycles. The van der Waals surface area contributed by atoms with Gasteiger partial charge in [-0.1, -0.05) is 0 Å². The highest BCUT2D eigenvalue weighted by Gasteiger charge is 2.35. The smallest absolute Gasteiger partial charge is 0.314 e. The summed E-state index contributed by atoms with van der Waals surface area (Å²) in [5, 5.41) is 3.13. The fourth-order valence-electron chi connectivity index (χ4n) is 2.11. The second kappa shape index (κ2) is 5.52. The van der Waals surface area contributed by atoms with E-state index in [1.807, 2.05) is 0 Å². The minimum atomic E-state index is -4.54. The number of nitrogens with one attached hydrogen (secondary N) is 2. The molecular weight excluding hydrogens is 285 g/mol. The molecule has 2 aliphatic heterocycles. The average Bonchev–Trinajstić information content (AvgIpc) is 2.24. The number of piperazine rings is 1. The van der Waals surface area contributed by atoms with Gasteiger partial charge in [0.1, 0.15) is 6.54 Å². The van der Waals surface area contributed by atoms with Gasteiger partial charge in [-0.25, -0.2) is 0 Å². The van der Waals surface area contributed by atoms with Gasteiger partial charge in [-0.2, -0.15) is 30.6 Å². The van der Waals surface area contributed by atoms with Gasteiger partial charge in [0, 0.05) is 45.3 Å². The largest absolute Gasteiger partial charge is 0.402 e. The summed E-state index contributed by atoms with van der Waals surface area (Å²) in [5.41, 5.74) is 0. The van der Waals surface area contributed by atoms with Gasteiger partial charge < -0.3 is 5.32 Å². The van der Waals surface area contributed by atoms with Crippen molar-refractivity contribution in [1.82, 2.24) is 19.2 Å². The second-order valence-corrected chi connectivity index (χ2v) is 6.44. The van der Waals surface area contributed by atoms with Crippen LogP contribution in [0, 0.1) is 0 Å². The highest BCUT2D eigenvalue weighted by Crippen LogP contribution is 2.15. The molecule has 2 aliphatic rings. The van der Waals surface area contributed by atoms with Gasteiger partial charge in [-0.15, -0.1) is 0 Å². The van der Waals surface area contributed by atoms with Crippen molar-refractivity contribution < 1.29 is 21.6 Å². The topological polar surface area (TPSA) is 64.7 Å². The standard InChI is InChI=1S/C9H17F3N4O2S/c10-9(11,12)7-14-19(17,18)16-3-1-15(2-4-16)8-5-13-6-8/h8,13-14H,1-7H2. The maximum Gasteiger partial charge on any atom is 0.402 e. The molecule has 2 N–H and O–H groups in total. The van der Waals surface area contributed by atoms with Crippen LogP contribution >= 0.6 is 0 Å². The number of hydrogen-bond donors (Lipinski definition) is 2. The van der Waals surface area contributed by atoms with Crippen molar-refractivity contribution >= 4 is 10.2 Å². The molecule has 19 heavy (non-hydrogen) atoms. The maximum atomic E-state index is 12.0. The van der Waals surface area contributed by atoms with Crippen LogP contribution in [0.1, 0.15) is 0 Å². The number of halogens is 3. The van der Waals surface area contributed by atoms with Crippen LogP contribution in [0.5, 0.6) is 0 Å². The summed E-state index contributed by atoms with van der Waals surface area (Å²) in [7, 11) is -4.03. The Hall–Kier alpha value is -0.420. The van der Waals surface area contributed by atoms with E-state index in [9.17, 15) is 21.6 Å². The molecular formula is C9H17F3N4O2S.